The summed E-state index contributed by atoms with van der Waals surface area (Å²) in [4.78, 5) is 40.9. The van der Waals surface area contributed by atoms with Crippen LogP contribution in [0.25, 0.3) is 10.4 Å². The van der Waals surface area contributed by atoms with E-state index in [0.29, 0.717) is 5.56 Å². The van der Waals surface area contributed by atoms with Crippen LogP contribution < -0.4 is 0 Å². The summed E-state index contributed by atoms with van der Waals surface area (Å²) in [7, 11) is -2.56. The van der Waals surface area contributed by atoms with E-state index in [4.69, 9.17) is 18.6 Å². The summed E-state index contributed by atoms with van der Waals surface area (Å²) >= 11 is 0. The molecule has 1 aliphatic heterocycles. The van der Waals surface area contributed by atoms with Crippen LogP contribution in [0.15, 0.2) is 65.8 Å². The van der Waals surface area contributed by atoms with E-state index < -0.39 is 63.3 Å². The number of ketones is 1. The number of carbonyl (C=O) groups is 3. The molecule has 3 unspecified atom stereocenters. The molecule has 0 radical (unpaired) electrons. The van der Waals surface area contributed by atoms with Crippen molar-refractivity contribution in [3.63, 3.8) is 0 Å². The average Bonchev–Trinajstić information content (AvgIpc) is 2.90. The zero-order chi connectivity index (χ0) is 28.8. The molecule has 0 spiro atoms. The number of rotatable bonds is 9. The van der Waals surface area contributed by atoms with Crippen LogP contribution in [0.4, 0.5) is 0 Å². The lowest BCUT2D eigenvalue weighted by molar-refractivity contribution is -0.247. The number of azide groups is 1. The van der Waals surface area contributed by atoms with Crippen LogP contribution in [-0.4, -0.2) is 68.4 Å². The molecule has 12 heteroatoms. The topological polar surface area (TPSA) is 157 Å². The van der Waals surface area contributed by atoms with Crippen molar-refractivity contribution in [3.05, 3.63) is 82.2 Å². The molecule has 0 bridgehead atoms. The zero-order valence-electron chi connectivity index (χ0n) is 22.5. The number of aliphatic hydroxyl groups excluding tert-OH is 1. The van der Waals surface area contributed by atoms with E-state index >= 15 is 0 Å². The number of hydrogen-bond donors (Lipinski definition) is 1. The molecule has 1 N–H and O–H groups in total. The van der Waals surface area contributed by atoms with E-state index in [1.54, 1.807) is 48.5 Å². The molecule has 1 saturated heterocycles. The Morgan fingerprint density at radius 3 is 2.13 bits per heavy atom. The normalized spacial score (nSPS) is 23.3. The molecule has 0 aliphatic carbocycles. The van der Waals surface area contributed by atoms with E-state index in [1.807, 2.05) is 33.9 Å². The molecule has 0 aromatic heterocycles. The summed E-state index contributed by atoms with van der Waals surface area (Å²) in [5.41, 5.74) is 9.67. The molecule has 3 rings (SSSR count). The number of hydrogen-bond acceptors (Lipinski definition) is 9. The second kappa shape index (κ2) is 12.5. The van der Waals surface area contributed by atoms with Gasteiger partial charge in [-0.25, -0.2) is 9.59 Å². The quantitative estimate of drug-likeness (QED) is 0.0906. The zero-order valence-corrected chi connectivity index (χ0v) is 23.5. The van der Waals surface area contributed by atoms with Gasteiger partial charge in [-0.05, 0) is 35.8 Å². The van der Waals surface area contributed by atoms with Crippen LogP contribution in [0, 0.1) is 0 Å². The maximum atomic E-state index is 12.8. The van der Waals surface area contributed by atoms with Crippen molar-refractivity contribution in [3.8, 4) is 0 Å². The van der Waals surface area contributed by atoms with Gasteiger partial charge in [0.05, 0.1) is 5.56 Å². The van der Waals surface area contributed by atoms with Crippen LogP contribution in [-0.2, 0) is 23.4 Å². The molecule has 1 aliphatic rings. The molecule has 0 amide bonds. The van der Waals surface area contributed by atoms with E-state index in [9.17, 15) is 25.0 Å². The number of nitrogens with zero attached hydrogens (tertiary/aromatic N) is 3. The van der Waals surface area contributed by atoms with E-state index in [0.717, 1.165) is 0 Å². The first kappa shape index (κ1) is 30.0. The fourth-order valence-electron chi connectivity index (χ4n) is 3.62. The van der Waals surface area contributed by atoms with E-state index in [1.165, 1.54) is 12.1 Å². The highest BCUT2D eigenvalue weighted by Gasteiger charge is 2.51. The number of ether oxygens (including phenoxy) is 3. The summed E-state index contributed by atoms with van der Waals surface area (Å²) in [6.45, 7) is 9.45. The number of aliphatic hydroxyl groups is 1. The molecular weight excluding hydrogens is 522 g/mol. The van der Waals surface area contributed by atoms with Crippen LogP contribution in [0.1, 0.15) is 41.5 Å². The Bertz CT molecular complexity index is 1210. The maximum absolute atomic E-state index is 12.8. The molecule has 1 fully saturated rings. The van der Waals surface area contributed by atoms with Crippen LogP contribution in [0.2, 0.25) is 18.1 Å². The minimum atomic E-state index is -2.56. The molecule has 5 atom stereocenters. The van der Waals surface area contributed by atoms with E-state index in [-0.39, 0.29) is 10.6 Å². The minimum Gasteiger partial charge on any atom is -0.459 e. The first-order valence-corrected chi connectivity index (χ1v) is 15.3. The van der Waals surface area contributed by atoms with Crippen molar-refractivity contribution in [2.45, 2.75) is 69.5 Å². The van der Waals surface area contributed by atoms with Crippen molar-refractivity contribution in [1.82, 2.24) is 0 Å². The number of Topliss-reactive ketones (excluding diaryl/α,β-unsaturated/α-hetero) is 1. The molecular formula is C27H33N3O8Si. The third kappa shape index (κ3) is 7.31. The summed E-state index contributed by atoms with van der Waals surface area (Å²) in [6.07, 6.45) is -5.61. The second-order valence-corrected chi connectivity index (χ2v) is 15.4. The SMILES string of the molecule is CC(C)(C)[Si](C)(C)OC1OC(COC(=O)c2ccccc2)[C@@H](O)C(OC(=O)C(=O)c2ccccc2)[C@@H]1N=[N+]=[N-]. The molecule has 1 heterocycles. The second-order valence-electron chi connectivity index (χ2n) is 10.6. The highest BCUT2D eigenvalue weighted by Crippen LogP contribution is 2.40. The summed E-state index contributed by atoms with van der Waals surface area (Å²) in [5.74, 6) is -2.85. The van der Waals surface area contributed by atoms with Crippen molar-refractivity contribution in [2.24, 2.45) is 5.11 Å². The lowest BCUT2D eigenvalue weighted by Gasteiger charge is -2.46. The van der Waals surface area contributed by atoms with Gasteiger partial charge in [0, 0.05) is 10.5 Å². The van der Waals surface area contributed by atoms with Crippen LogP contribution >= 0.6 is 0 Å². The average molecular weight is 556 g/mol. The number of carbonyl (C=O) groups excluding carboxylic acids is 3. The van der Waals surface area contributed by atoms with Gasteiger partial charge in [-0.3, -0.25) is 4.79 Å². The first-order chi connectivity index (χ1) is 18.4. The van der Waals surface area contributed by atoms with Gasteiger partial charge in [0.25, 0.3) is 5.78 Å². The molecule has 2 aromatic carbocycles. The highest BCUT2D eigenvalue weighted by molar-refractivity contribution is 6.74. The minimum absolute atomic E-state index is 0.0896. The number of benzene rings is 2. The number of esters is 2. The Balaban J connectivity index is 1.90. The Morgan fingerprint density at radius 2 is 1.59 bits per heavy atom. The molecule has 2 aromatic rings. The van der Waals surface area contributed by atoms with Gasteiger partial charge in [-0.15, -0.1) is 0 Å². The predicted octanol–water partition coefficient (Wildman–Crippen LogP) is 4.42. The summed E-state index contributed by atoms with van der Waals surface area (Å²) < 4.78 is 23.2. The van der Waals surface area contributed by atoms with Crippen molar-refractivity contribution in [2.75, 3.05) is 6.61 Å². The lowest BCUT2D eigenvalue weighted by Crippen LogP contribution is -2.62. The van der Waals surface area contributed by atoms with Gasteiger partial charge in [-0.2, -0.15) is 0 Å². The fourth-order valence-corrected chi connectivity index (χ4v) is 4.75. The predicted molar refractivity (Wildman–Crippen MR) is 143 cm³/mol. The van der Waals surface area contributed by atoms with Gasteiger partial charge in [0.1, 0.15) is 31.0 Å². The third-order valence-electron chi connectivity index (χ3n) is 6.90. The highest BCUT2D eigenvalue weighted by atomic mass is 28.4. The monoisotopic (exact) mass is 555 g/mol. The van der Waals surface area contributed by atoms with Gasteiger partial charge in [0.15, 0.2) is 14.6 Å². The standard InChI is InChI=1S/C27H33N3O8Si/c1-27(2,3)39(4,5)38-26-20(29-30-28)23(37-25(34)21(31)17-12-8-6-9-13-17)22(32)19(36-26)16-35-24(33)18-14-10-7-11-15-18/h6-15,19-20,22-23,26,32H,16H2,1-5H3/t19?,20-,22+,23?,26?/m0/s1. The first-order valence-electron chi connectivity index (χ1n) is 12.4. The third-order valence-corrected chi connectivity index (χ3v) is 11.3. The molecule has 208 valence electrons. The largest absolute Gasteiger partial charge is 0.459 e. The van der Waals surface area contributed by atoms with Gasteiger partial charge >= 0.3 is 11.9 Å². The maximum Gasteiger partial charge on any atom is 0.380 e. The van der Waals surface area contributed by atoms with Crippen molar-refractivity contribution in [1.29, 1.82) is 0 Å². The van der Waals surface area contributed by atoms with E-state index in [2.05, 4.69) is 10.0 Å². The smallest absolute Gasteiger partial charge is 0.380 e. The lowest BCUT2D eigenvalue weighted by atomic mass is 9.97. The fraction of sp³-hybridized carbons (Fsp3) is 0.444. The van der Waals surface area contributed by atoms with Gasteiger partial charge in [0.2, 0.25) is 0 Å². The van der Waals surface area contributed by atoms with Crippen molar-refractivity contribution >= 4 is 26.0 Å². The van der Waals surface area contributed by atoms with Gasteiger partial charge in [-0.1, -0.05) is 74.4 Å². The molecule has 0 saturated carbocycles. The summed E-state index contributed by atoms with van der Waals surface area (Å²) in [6, 6.07) is 14.7. The Labute approximate surface area is 227 Å². The Kier molecular flexibility index (Phi) is 9.65. The van der Waals surface area contributed by atoms with Crippen molar-refractivity contribution < 1.29 is 38.1 Å². The van der Waals surface area contributed by atoms with Crippen LogP contribution in [0.3, 0.4) is 0 Å². The Hall–Kier alpha value is -3.54. The molecule has 11 nitrogen and oxygen atoms in total. The summed E-state index contributed by atoms with van der Waals surface area (Å²) in [5, 5.41) is 14.6. The van der Waals surface area contributed by atoms with Gasteiger partial charge < -0.3 is 23.7 Å². The molecule has 39 heavy (non-hydrogen) atoms. The Morgan fingerprint density at radius 1 is 1.03 bits per heavy atom. The van der Waals surface area contributed by atoms with Crippen LogP contribution in [0.5, 0.6) is 0 Å².